The van der Waals surface area contributed by atoms with Crippen LogP contribution in [0, 0.1) is 0 Å². The molecule has 0 atom stereocenters. The Bertz CT molecular complexity index is 803. The van der Waals surface area contributed by atoms with Crippen LogP contribution >= 0.6 is 15.9 Å². The van der Waals surface area contributed by atoms with Gasteiger partial charge in [0.1, 0.15) is 18.0 Å². The van der Waals surface area contributed by atoms with Crippen LogP contribution in [0.15, 0.2) is 27.1 Å². The zero-order valence-corrected chi connectivity index (χ0v) is 17.8. The number of carbonyl (C=O) groups is 1. The van der Waals surface area contributed by atoms with Gasteiger partial charge in [-0.2, -0.15) is 0 Å². The molecule has 0 saturated carbocycles. The first-order chi connectivity index (χ1) is 12.8. The first-order valence-corrected chi connectivity index (χ1v) is 9.90. The molecular formula is C20H26BrNO5. The highest BCUT2D eigenvalue weighted by molar-refractivity contribution is 9.10. The highest BCUT2D eigenvalue weighted by atomic mass is 79.9. The topological polar surface area (TPSA) is 61.1 Å². The van der Waals surface area contributed by atoms with Gasteiger partial charge >= 0.3 is 6.09 Å². The van der Waals surface area contributed by atoms with Gasteiger partial charge in [0.15, 0.2) is 11.3 Å². The molecule has 6 nitrogen and oxygen atoms in total. The number of fused-ring (bicyclic) bond motifs is 1. The molecule has 0 aliphatic carbocycles. The van der Waals surface area contributed by atoms with Gasteiger partial charge in [0.2, 0.25) is 0 Å². The highest BCUT2D eigenvalue weighted by Gasteiger charge is 2.27. The maximum atomic E-state index is 12.1. The summed E-state index contributed by atoms with van der Waals surface area (Å²) >= 11 is 3.54. The molecule has 7 heteroatoms. The Morgan fingerprint density at radius 3 is 2.63 bits per heavy atom. The maximum absolute atomic E-state index is 12.1. The molecule has 2 heterocycles. The SMILES string of the molecule is COc1ccc(Br)c2cc(COC3CCN(C(=O)OC(C)(C)C)CC3)oc12. The van der Waals surface area contributed by atoms with Crippen molar-refractivity contribution in [3.63, 3.8) is 0 Å². The molecule has 1 fully saturated rings. The number of benzene rings is 1. The summed E-state index contributed by atoms with van der Waals surface area (Å²) in [5.74, 6) is 1.45. The third kappa shape index (κ3) is 4.96. The number of halogens is 1. The number of furan rings is 1. The van der Waals surface area contributed by atoms with Crippen LogP contribution in [0.2, 0.25) is 0 Å². The van der Waals surface area contributed by atoms with Gasteiger partial charge in [-0.05, 0) is 51.8 Å². The minimum Gasteiger partial charge on any atom is -0.493 e. The number of likely N-dealkylation sites (tertiary alicyclic amines) is 1. The Balaban J connectivity index is 1.54. The van der Waals surface area contributed by atoms with E-state index in [1.807, 2.05) is 39.0 Å². The number of hydrogen-bond donors (Lipinski definition) is 0. The number of piperidine rings is 1. The van der Waals surface area contributed by atoms with Gasteiger partial charge in [0, 0.05) is 22.9 Å². The zero-order valence-electron chi connectivity index (χ0n) is 16.2. The molecule has 0 spiro atoms. The molecule has 1 saturated heterocycles. The van der Waals surface area contributed by atoms with Crippen molar-refractivity contribution in [3.8, 4) is 5.75 Å². The van der Waals surface area contributed by atoms with Crippen LogP contribution in [0.25, 0.3) is 11.0 Å². The van der Waals surface area contributed by atoms with Crippen molar-refractivity contribution in [1.82, 2.24) is 4.90 Å². The molecule has 1 aromatic carbocycles. The number of rotatable bonds is 4. The van der Waals surface area contributed by atoms with E-state index in [1.54, 1.807) is 12.0 Å². The summed E-state index contributed by atoms with van der Waals surface area (Å²) in [6, 6.07) is 5.78. The summed E-state index contributed by atoms with van der Waals surface area (Å²) < 4.78 is 23.7. The van der Waals surface area contributed by atoms with Gasteiger partial charge in [-0.15, -0.1) is 0 Å². The fraction of sp³-hybridized carbons (Fsp3) is 0.550. The molecule has 0 N–H and O–H groups in total. The van der Waals surface area contributed by atoms with E-state index < -0.39 is 5.60 Å². The van der Waals surface area contributed by atoms with Crippen molar-refractivity contribution in [2.75, 3.05) is 20.2 Å². The molecule has 0 bridgehead atoms. The summed E-state index contributed by atoms with van der Waals surface area (Å²) in [4.78, 5) is 13.9. The fourth-order valence-corrected chi connectivity index (χ4v) is 3.51. The standard InChI is InChI=1S/C20H26BrNO5/c1-20(2,3)27-19(23)22-9-7-13(8-10-22)25-12-14-11-15-16(21)5-6-17(24-4)18(15)26-14/h5-6,11,13H,7-10,12H2,1-4H3. The lowest BCUT2D eigenvalue weighted by atomic mass is 10.1. The lowest BCUT2D eigenvalue weighted by Gasteiger charge is -2.33. The molecule has 0 radical (unpaired) electrons. The maximum Gasteiger partial charge on any atom is 0.410 e. The van der Waals surface area contributed by atoms with Crippen molar-refractivity contribution in [2.45, 2.75) is 51.9 Å². The van der Waals surface area contributed by atoms with Crippen molar-refractivity contribution >= 4 is 33.0 Å². The number of methoxy groups -OCH3 is 1. The van der Waals surface area contributed by atoms with E-state index in [0.29, 0.717) is 31.0 Å². The number of carbonyl (C=O) groups excluding carboxylic acids is 1. The molecule has 1 aliphatic heterocycles. The average molecular weight is 440 g/mol. The summed E-state index contributed by atoms with van der Waals surface area (Å²) in [5, 5.41) is 0.965. The quantitative estimate of drug-likeness (QED) is 0.661. The minimum atomic E-state index is -0.471. The number of ether oxygens (including phenoxy) is 3. The van der Waals surface area contributed by atoms with E-state index in [4.69, 9.17) is 18.6 Å². The molecule has 1 aromatic heterocycles. The van der Waals surface area contributed by atoms with Crippen molar-refractivity contribution < 1.29 is 23.4 Å². The zero-order chi connectivity index (χ0) is 19.6. The second-order valence-corrected chi connectivity index (χ2v) is 8.54. The summed E-state index contributed by atoms with van der Waals surface area (Å²) in [7, 11) is 1.62. The van der Waals surface area contributed by atoms with Crippen LogP contribution in [0.3, 0.4) is 0 Å². The van der Waals surface area contributed by atoms with Crippen molar-refractivity contribution in [3.05, 3.63) is 28.4 Å². The van der Waals surface area contributed by atoms with Gasteiger partial charge < -0.3 is 23.5 Å². The van der Waals surface area contributed by atoms with E-state index >= 15 is 0 Å². The van der Waals surface area contributed by atoms with Crippen LogP contribution in [0.1, 0.15) is 39.4 Å². The van der Waals surface area contributed by atoms with Crippen LogP contribution in [0.5, 0.6) is 5.75 Å². The lowest BCUT2D eigenvalue weighted by Crippen LogP contribution is -2.43. The van der Waals surface area contributed by atoms with Gasteiger partial charge in [0.25, 0.3) is 0 Å². The predicted molar refractivity (Wildman–Crippen MR) is 106 cm³/mol. The number of amides is 1. The Kier molecular flexibility index (Phi) is 6.01. The number of nitrogens with zero attached hydrogens (tertiary/aromatic N) is 1. The van der Waals surface area contributed by atoms with E-state index in [2.05, 4.69) is 15.9 Å². The van der Waals surface area contributed by atoms with Crippen LogP contribution in [-0.2, 0) is 16.1 Å². The van der Waals surface area contributed by atoms with Gasteiger partial charge in [-0.1, -0.05) is 15.9 Å². The largest absolute Gasteiger partial charge is 0.493 e. The minimum absolute atomic E-state index is 0.0993. The number of hydrogen-bond acceptors (Lipinski definition) is 5. The summed E-state index contributed by atoms with van der Waals surface area (Å²) in [5.41, 5.74) is 0.242. The molecule has 2 aromatic rings. The Hall–Kier alpha value is -1.73. The first kappa shape index (κ1) is 20.0. The molecule has 1 amide bonds. The second kappa shape index (κ2) is 8.10. The fourth-order valence-electron chi connectivity index (χ4n) is 3.08. The third-order valence-electron chi connectivity index (χ3n) is 4.42. The Morgan fingerprint density at radius 1 is 1.30 bits per heavy atom. The monoisotopic (exact) mass is 439 g/mol. The molecule has 1 aliphatic rings. The van der Waals surface area contributed by atoms with Crippen LogP contribution in [-0.4, -0.2) is 42.9 Å². The molecule has 27 heavy (non-hydrogen) atoms. The second-order valence-electron chi connectivity index (χ2n) is 7.68. The van der Waals surface area contributed by atoms with E-state index in [-0.39, 0.29) is 12.2 Å². The normalized spacial score (nSPS) is 16.0. The van der Waals surface area contributed by atoms with Crippen molar-refractivity contribution in [2.24, 2.45) is 0 Å². The molecular weight excluding hydrogens is 414 g/mol. The van der Waals surface area contributed by atoms with Crippen LogP contribution in [0.4, 0.5) is 4.79 Å². The van der Waals surface area contributed by atoms with Gasteiger partial charge in [0.05, 0.1) is 13.2 Å². The Labute approximate surface area is 167 Å². The highest BCUT2D eigenvalue weighted by Crippen LogP contribution is 2.34. The van der Waals surface area contributed by atoms with Crippen LogP contribution < -0.4 is 4.74 Å². The predicted octanol–water partition coefficient (Wildman–Crippen LogP) is 5.12. The molecule has 0 unspecified atom stereocenters. The van der Waals surface area contributed by atoms with E-state index in [1.165, 1.54) is 0 Å². The third-order valence-corrected chi connectivity index (χ3v) is 5.11. The van der Waals surface area contributed by atoms with Crippen molar-refractivity contribution in [1.29, 1.82) is 0 Å². The summed E-state index contributed by atoms with van der Waals surface area (Å²) in [6.07, 6.45) is 1.41. The lowest BCUT2D eigenvalue weighted by molar-refractivity contribution is -0.0207. The van der Waals surface area contributed by atoms with Gasteiger partial charge in [-0.25, -0.2) is 4.79 Å². The van der Waals surface area contributed by atoms with E-state index in [9.17, 15) is 4.79 Å². The first-order valence-electron chi connectivity index (χ1n) is 9.11. The van der Waals surface area contributed by atoms with Gasteiger partial charge in [-0.3, -0.25) is 0 Å². The Morgan fingerprint density at radius 2 is 2.00 bits per heavy atom. The van der Waals surface area contributed by atoms with E-state index in [0.717, 1.165) is 28.5 Å². The molecule has 148 valence electrons. The molecule has 3 rings (SSSR count). The average Bonchev–Trinajstić information content (AvgIpc) is 3.04. The smallest absolute Gasteiger partial charge is 0.410 e. The summed E-state index contributed by atoms with van der Waals surface area (Å²) in [6.45, 7) is 7.30.